The van der Waals surface area contributed by atoms with Crippen LogP contribution in [0.15, 0.2) is 36.1 Å². The highest BCUT2D eigenvalue weighted by Crippen LogP contribution is 2.46. The fourth-order valence-electron chi connectivity index (χ4n) is 5.13. The van der Waals surface area contributed by atoms with Crippen LogP contribution >= 0.6 is 0 Å². The van der Waals surface area contributed by atoms with Crippen LogP contribution in [0.3, 0.4) is 0 Å². The maximum Gasteiger partial charge on any atom is 0.302 e. The third kappa shape index (κ3) is 6.63. The summed E-state index contributed by atoms with van der Waals surface area (Å²) in [7, 11) is 0. The zero-order valence-corrected chi connectivity index (χ0v) is 24.1. The van der Waals surface area contributed by atoms with Gasteiger partial charge in [-0.3, -0.25) is 4.79 Å². The molecule has 0 radical (unpaired) electrons. The Bertz CT molecular complexity index is 1450. The van der Waals surface area contributed by atoms with Gasteiger partial charge in [0.2, 0.25) is 12.6 Å². The van der Waals surface area contributed by atoms with Gasteiger partial charge in [0, 0.05) is 24.6 Å². The lowest BCUT2D eigenvalue weighted by Crippen LogP contribution is -2.60. The summed E-state index contributed by atoms with van der Waals surface area (Å²) in [6.45, 7) is -0.103. The van der Waals surface area contributed by atoms with E-state index in [0.29, 0.717) is 0 Å². The molecule has 0 amide bonds. The topological polar surface area (TPSA) is 275 Å². The number of hydrogen-bond acceptors (Lipinski definition) is 17. The Morgan fingerprint density at radius 2 is 1.41 bits per heavy atom. The second kappa shape index (κ2) is 13.4. The van der Waals surface area contributed by atoms with Crippen molar-refractivity contribution in [2.24, 2.45) is 0 Å². The first-order valence-corrected chi connectivity index (χ1v) is 14.0. The molecule has 3 aliphatic rings. The monoisotopic (exact) mass is 654 g/mol. The molecule has 0 spiro atoms. The quantitative estimate of drug-likeness (QED) is 0.107. The molecule has 46 heavy (non-hydrogen) atoms. The predicted molar refractivity (Wildman–Crippen MR) is 148 cm³/mol. The van der Waals surface area contributed by atoms with E-state index in [1.165, 1.54) is 24.3 Å². The molecule has 3 aliphatic heterocycles. The van der Waals surface area contributed by atoms with Crippen molar-refractivity contribution in [1.82, 2.24) is 0 Å². The minimum atomic E-state index is -1.83. The summed E-state index contributed by atoms with van der Waals surface area (Å²) >= 11 is 0. The number of phenols is 3. The van der Waals surface area contributed by atoms with Crippen LogP contribution in [0.4, 0.5) is 0 Å². The molecule has 0 bridgehead atoms. The molecule has 5 rings (SSSR count). The third-order valence-electron chi connectivity index (χ3n) is 7.64. The van der Waals surface area contributed by atoms with Crippen molar-refractivity contribution in [2.75, 3.05) is 13.2 Å². The SMILES string of the molecule is CC(=O)OC[C@H]1O[C@@H](Oc2cc(O)cc3c2C=C(O[C@@H]2O[C@@H](CO)[C@@H](O)[C@H](O)[C@H]2O)C(c2ccc(O)c(O)c2)O3)[C@H](O)[C@@H](O)[C@@H]1O. The number of aliphatic hydroxyl groups is 7. The highest BCUT2D eigenvalue weighted by Gasteiger charge is 2.47. The number of fused-ring (bicyclic) bond motifs is 1. The van der Waals surface area contributed by atoms with E-state index in [4.69, 9.17) is 28.4 Å². The number of phenolic OH excluding ortho intramolecular Hbond substituents is 3. The van der Waals surface area contributed by atoms with Gasteiger partial charge in [-0.15, -0.1) is 0 Å². The summed E-state index contributed by atoms with van der Waals surface area (Å²) in [6.07, 6.45) is -16.5. The Kier molecular flexibility index (Phi) is 9.78. The first-order chi connectivity index (χ1) is 21.8. The number of ether oxygens (including phenoxy) is 6. The molecule has 11 atom stereocenters. The van der Waals surface area contributed by atoms with E-state index in [1.807, 2.05) is 0 Å². The molecule has 17 nitrogen and oxygen atoms in total. The van der Waals surface area contributed by atoms with Gasteiger partial charge in [-0.25, -0.2) is 0 Å². The number of rotatable bonds is 8. The molecule has 0 saturated carbocycles. The van der Waals surface area contributed by atoms with Gasteiger partial charge in [-0.2, -0.15) is 0 Å². The van der Waals surface area contributed by atoms with Crippen LogP contribution in [0.25, 0.3) is 6.08 Å². The Morgan fingerprint density at radius 1 is 0.783 bits per heavy atom. The van der Waals surface area contributed by atoms with Crippen LogP contribution < -0.4 is 9.47 Å². The van der Waals surface area contributed by atoms with Crippen LogP contribution in [0.1, 0.15) is 24.2 Å². The molecule has 2 aromatic rings. The average molecular weight is 655 g/mol. The fourth-order valence-corrected chi connectivity index (χ4v) is 5.13. The maximum absolute atomic E-state index is 11.3. The van der Waals surface area contributed by atoms with E-state index in [1.54, 1.807) is 0 Å². The maximum atomic E-state index is 11.3. The van der Waals surface area contributed by atoms with Gasteiger partial charge >= 0.3 is 5.97 Å². The molecular formula is C29H34O17. The minimum Gasteiger partial charge on any atom is -0.508 e. The first kappa shape index (κ1) is 33.5. The molecule has 1 unspecified atom stereocenters. The molecule has 17 heteroatoms. The zero-order chi connectivity index (χ0) is 33.4. The molecular weight excluding hydrogens is 620 g/mol. The number of benzene rings is 2. The predicted octanol–water partition coefficient (Wildman–Crippen LogP) is -2.16. The van der Waals surface area contributed by atoms with E-state index >= 15 is 0 Å². The summed E-state index contributed by atoms with van der Waals surface area (Å²) in [5, 5.41) is 103. The molecule has 2 saturated heterocycles. The van der Waals surface area contributed by atoms with Crippen LogP contribution in [0, 0.1) is 0 Å². The number of carbonyl (C=O) groups is 1. The number of aliphatic hydroxyl groups excluding tert-OH is 7. The van der Waals surface area contributed by atoms with Gasteiger partial charge < -0.3 is 79.5 Å². The molecule has 0 aromatic heterocycles. The lowest BCUT2D eigenvalue weighted by molar-refractivity contribution is -0.293. The Hall–Kier alpha value is -3.91. The largest absolute Gasteiger partial charge is 0.508 e. The van der Waals surface area contributed by atoms with E-state index in [-0.39, 0.29) is 28.4 Å². The smallest absolute Gasteiger partial charge is 0.302 e. The van der Waals surface area contributed by atoms with Gasteiger partial charge in [-0.1, -0.05) is 6.07 Å². The van der Waals surface area contributed by atoms with Crippen molar-refractivity contribution in [2.45, 2.75) is 74.4 Å². The summed E-state index contributed by atoms with van der Waals surface area (Å²) in [4.78, 5) is 11.3. The second-order valence-corrected chi connectivity index (χ2v) is 10.9. The molecule has 252 valence electrons. The van der Waals surface area contributed by atoms with Crippen molar-refractivity contribution in [1.29, 1.82) is 0 Å². The van der Waals surface area contributed by atoms with Gasteiger partial charge in [0.25, 0.3) is 0 Å². The van der Waals surface area contributed by atoms with Crippen LogP contribution in [0.5, 0.6) is 28.7 Å². The van der Waals surface area contributed by atoms with Crippen molar-refractivity contribution >= 4 is 12.0 Å². The summed E-state index contributed by atoms with van der Waals surface area (Å²) in [6, 6.07) is 5.98. The Balaban J connectivity index is 1.52. The zero-order valence-electron chi connectivity index (χ0n) is 24.1. The number of hydrogen-bond donors (Lipinski definition) is 10. The lowest BCUT2D eigenvalue weighted by atomic mass is 9.98. The van der Waals surface area contributed by atoms with Gasteiger partial charge in [0.1, 0.15) is 78.4 Å². The molecule has 2 fully saturated rings. The Morgan fingerprint density at radius 3 is 2.04 bits per heavy atom. The standard InChI is InChI=1S/C29H34O17/c1-10(31)41-9-20-22(36)24(38)26(40)28(46-20)43-17-6-12(32)5-16-13(17)7-18(27(42-16)11-2-3-14(33)15(34)4-11)44-29-25(39)23(37)21(35)19(8-30)45-29/h2-7,19-30,32-40H,8-9H2,1H3/t19-,20+,21+,22+,23-,24-,25+,26+,27?,28+,29+/m0/s1. The van der Waals surface area contributed by atoms with Crippen molar-refractivity contribution in [3.8, 4) is 28.7 Å². The minimum absolute atomic E-state index is 0.0453. The second-order valence-electron chi connectivity index (χ2n) is 10.9. The van der Waals surface area contributed by atoms with Gasteiger partial charge in [0.05, 0.1) is 12.2 Å². The highest BCUT2D eigenvalue weighted by molar-refractivity contribution is 5.70. The molecule has 10 N–H and O–H groups in total. The van der Waals surface area contributed by atoms with Crippen molar-refractivity contribution in [3.63, 3.8) is 0 Å². The molecule has 0 aliphatic carbocycles. The van der Waals surface area contributed by atoms with E-state index in [0.717, 1.165) is 19.1 Å². The first-order valence-electron chi connectivity index (χ1n) is 14.0. The van der Waals surface area contributed by atoms with E-state index in [2.05, 4.69) is 0 Å². The molecule has 2 aromatic carbocycles. The van der Waals surface area contributed by atoms with Crippen molar-refractivity contribution < 1.29 is 84.3 Å². The van der Waals surface area contributed by atoms with Crippen molar-refractivity contribution in [3.05, 3.63) is 47.2 Å². The lowest BCUT2D eigenvalue weighted by Gasteiger charge is -2.41. The van der Waals surface area contributed by atoms with Gasteiger partial charge in [0.15, 0.2) is 17.6 Å². The van der Waals surface area contributed by atoms with E-state index < -0.39 is 104 Å². The summed E-state index contributed by atoms with van der Waals surface area (Å²) in [5.41, 5.74) is 0.239. The third-order valence-corrected chi connectivity index (χ3v) is 7.64. The van der Waals surface area contributed by atoms with Crippen LogP contribution in [0.2, 0.25) is 0 Å². The summed E-state index contributed by atoms with van der Waals surface area (Å²) in [5.74, 6) is -2.47. The van der Waals surface area contributed by atoms with Gasteiger partial charge in [-0.05, 0) is 18.2 Å². The number of carbonyl (C=O) groups excluding carboxylic acids is 1. The van der Waals surface area contributed by atoms with Crippen LogP contribution in [-0.4, -0.2) is 132 Å². The number of esters is 1. The molecule has 3 heterocycles. The number of aromatic hydroxyl groups is 3. The highest BCUT2D eigenvalue weighted by atomic mass is 16.7. The Labute approximate surface area is 260 Å². The summed E-state index contributed by atoms with van der Waals surface area (Å²) < 4.78 is 33.7. The average Bonchev–Trinajstić information content (AvgIpc) is 3.02. The normalized spacial score (nSPS) is 34.1. The fraction of sp³-hybridized carbons (Fsp3) is 0.483. The van der Waals surface area contributed by atoms with E-state index in [9.17, 15) is 55.9 Å². The van der Waals surface area contributed by atoms with Crippen LogP contribution in [-0.2, 0) is 23.7 Å².